The molecule has 1 aromatic rings. The molecule has 0 unspecified atom stereocenters. The lowest BCUT2D eigenvalue weighted by molar-refractivity contribution is 0.763. The van der Waals surface area contributed by atoms with E-state index in [2.05, 4.69) is 35.6 Å². The third-order valence-corrected chi connectivity index (χ3v) is 2.33. The highest BCUT2D eigenvalue weighted by molar-refractivity contribution is 5.20. The molecule has 1 N–H and O–H groups in total. The molecule has 0 saturated carbocycles. The van der Waals surface area contributed by atoms with Gasteiger partial charge in [0.1, 0.15) is 0 Å². The molecule has 0 aromatic heterocycles. The second-order valence-corrected chi connectivity index (χ2v) is 3.10. The number of benzene rings is 1. The lowest BCUT2D eigenvalue weighted by Gasteiger charge is -2.06. The van der Waals surface area contributed by atoms with Crippen LogP contribution in [0.3, 0.4) is 0 Å². The van der Waals surface area contributed by atoms with Gasteiger partial charge in [-0.05, 0) is 24.4 Å². The zero-order valence-corrected chi connectivity index (χ0v) is 6.59. The van der Waals surface area contributed by atoms with Gasteiger partial charge in [0.2, 0.25) is 0 Å². The molecular formula is C10H13N. The van der Waals surface area contributed by atoms with Crippen LogP contribution in [0.15, 0.2) is 30.3 Å². The third kappa shape index (κ3) is 1.43. The van der Waals surface area contributed by atoms with Crippen LogP contribution in [0.2, 0.25) is 0 Å². The van der Waals surface area contributed by atoms with Crippen molar-refractivity contribution in [3.8, 4) is 0 Å². The average molecular weight is 147 g/mol. The van der Waals surface area contributed by atoms with Crippen LogP contribution in [-0.2, 0) is 0 Å². The Morgan fingerprint density at radius 2 is 2.00 bits per heavy atom. The molecule has 0 aliphatic carbocycles. The lowest BCUT2D eigenvalue weighted by Crippen LogP contribution is -2.07. The van der Waals surface area contributed by atoms with Crippen LogP contribution in [0.4, 0.5) is 0 Å². The monoisotopic (exact) mass is 147 g/mol. The van der Waals surface area contributed by atoms with Crippen molar-refractivity contribution < 1.29 is 0 Å². The topological polar surface area (TPSA) is 12.0 Å². The maximum Gasteiger partial charge on any atom is 0.00206 e. The van der Waals surface area contributed by atoms with Crippen LogP contribution >= 0.6 is 0 Å². The summed E-state index contributed by atoms with van der Waals surface area (Å²) in [6.07, 6.45) is 1.30. The first-order chi connectivity index (χ1) is 5.47. The van der Waals surface area contributed by atoms with Gasteiger partial charge in [-0.1, -0.05) is 30.3 Å². The summed E-state index contributed by atoms with van der Waals surface area (Å²) in [6, 6.07) is 10.8. The van der Waals surface area contributed by atoms with E-state index < -0.39 is 0 Å². The summed E-state index contributed by atoms with van der Waals surface area (Å²) < 4.78 is 0. The molecule has 0 spiro atoms. The number of nitrogens with one attached hydrogen (secondary N) is 1. The Balaban J connectivity index is 2.16. The standard InChI is InChI=1S/C10H13N/c1-2-4-9(5-3-1)10-6-7-11-8-10/h1-5,10-11H,6-8H2/t10-/m0/s1. The summed E-state index contributed by atoms with van der Waals surface area (Å²) in [5.41, 5.74) is 1.48. The summed E-state index contributed by atoms with van der Waals surface area (Å²) in [4.78, 5) is 0. The van der Waals surface area contributed by atoms with Crippen molar-refractivity contribution in [1.82, 2.24) is 5.32 Å². The van der Waals surface area contributed by atoms with Crippen LogP contribution in [0.1, 0.15) is 17.9 Å². The van der Waals surface area contributed by atoms with Gasteiger partial charge in [-0.15, -0.1) is 0 Å². The van der Waals surface area contributed by atoms with Crippen LogP contribution < -0.4 is 5.32 Å². The first-order valence-electron chi connectivity index (χ1n) is 4.22. The largest absolute Gasteiger partial charge is 0.316 e. The van der Waals surface area contributed by atoms with Gasteiger partial charge in [0.05, 0.1) is 0 Å². The molecular weight excluding hydrogens is 134 g/mol. The second-order valence-electron chi connectivity index (χ2n) is 3.10. The fourth-order valence-electron chi connectivity index (χ4n) is 1.66. The van der Waals surface area contributed by atoms with Crippen molar-refractivity contribution in [3.05, 3.63) is 35.9 Å². The van der Waals surface area contributed by atoms with Gasteiger partial charge in [0.25, 0.3) is 0 Å². The smallest absolute Gasteiger partial charge is 0.00206 e. The van der Waals surface area contributed by atoms with E-state index in [1.807, 2.05) is 0 Å². The highest BCUT2D eigenvalue weighted by Gasteiger charge is 2.15. The Labute approximate surface area is 67.4 Å². The molecule has 0 amide bonds. The molecule has 0 bridgehead atoms. The molecule has 1 nitrogen and oxygen atoms in total. The van der Waals surface area contributed by atoms with E-state index in [0.29, 0.717) is 0 Å². The highest BCUT2D eigenvalue weighted by Crippen LogP contribution is 2.21. The molecule has 1 heteroatoms. The maximum atomic E-state index is 3.37. The van der Waals surface area contributed by atoms with Crippen molar-refractivity contribution in [2.24, 2.45) is 0 Å². The lowest BCUT2D eigenvalue weighted by atomic mass is 9.99. The third-order valence-electron chi connectivity index (χ3n) is 2.33. The maximum absolute atomic E-state index is 3.37. The minimum atomic E-state index is 0.760. The van der Waals surface area contributed by atoms with Crippen molar-refractivity contribution in [2.75, 3.05) is 13.1 Å². The van der Waals surface area contributed by atoms with E-state index in [9.17, 15) is 0 Å². The first kappa shape index (κ1) is 6.86. The molecule has 11 heavy (non-hydrogen) atoms. The van der Waals surface area contributed by atoms with Crippen LogP contribution in [0, 0.1) is 0 Å². The summed E-state index contributed by atoms with van der Waals surface area (Å²) in [5.74, 6) is 0.760. The van der Waals surface area contributed by atoms with Crippen molar-refractivity contribution in [2.45, 2.75) is 12.3 Å². The van der Waals surface area contributed by atoms with Gasteiger partial charge in [-0.2, -0.15) is 0 Å². The zero-order valence-electron chi connectivity index (χ0n) is 6.59. The van der Waals surface area contributed by atoms with E-state index in [1.165, 1.54) is 18.5 Å². The number of rotatable bonds is 1. The van der Waals surface area contributed by atoms with Gasteiger partial charge in [-0.3, -0.25) is 0 Å². The van der Waals surface area contributed by atoms with Gasteiger partial charge in [0, 0.05) is 6.54 Å². The number of hydrogen-bond acceptors (Lipinski definition) is 1. The molecule has 1 saturated heterocycles. The molecule has 1 aromatic carbocycles. The molecule has 1 atom stereocenters. The Bertz CT molecular complexity index is 212. The van der Waals surface area contributed by atoms with Gasteiger partial charge < -0.3 is 5.32 Å². The summed E-state index contributed by atoms with van der Waals surface area (Å²) in [6.45, 7) is 2.34. The Morgan fingerprint density at radius 3 is 2.64 bits per heavy atom. The number of hydrogen-bond donors (Lipinski definition) is 1. The Hall–Kier alpha value is -0.820. The van der Waals surface area contributed by atoms with E-state index in [-0.39, 0.29) is 0 Å². The molecule has 1 aliphatic heterocycles. The van der Waals surface area contributed by atoms with Crippen molar-refractivity contribution in [1.29, 1.82) is 0 Å². The van der Waals surface area contributed by atoms with Crippen LogP contribution in [-0.4, -0.2) is 13.1 Å². The summed E-state index contributed by atoms with van der Waals surface area (Å²) in [7, 11) is 0. The average Bonchev–Trinajstić information content (AvgIpc) is 2.58. The molecule has 58 valence electrons. The van der Waals surface area contributed by atoms with Crippen molar-refractivity contribution in [3.63, 3.8) is 0 Å². The molecule has 1 heterocycles. The van der Waals surface area contributed by atoms with Gasteiger partial charge in [0.15, 0.2) is 0 Å². The van der Waals surface area contributed by atoms with Gasteiger partial charge >= 0.3 is 0 Å². The first-order valence-corrected chi connectivity index (χ1v) is 4.22. The van der Waals surface area contributed by atoms with Crippen LogP contribution in [0.5, 0.6) is 0 Å². The quantitative estimate of drug-likeness (QED) is 0.638. The fourth-order valence-corrected chi connectivity index (χ4v) is 1.66. The van der Waals surface area contributed by atoms with Gasteiger partial charge in [-0.25, -0.2) is 0 Å². The fraction of sp³-hybridized carbons (Fsp3) is 0.400. The molecule has 1 fully saturated rings. The Morgan fingerprint density at radius 1 is 1.18 bits per heavy atom. The van der Waals surface area contributed by atoms with Crippen molar-refractivity contribution >= 4 is 0 Å². The van der Waals surface area contributed by atoms with E-state index in [0.717, 1.165) is 12.5 Å². The summed E-state index contributed by atoms with van der Waals surface area (Å²) >= 11 is 0. The minimum absolute atomic E-state index is 0.760. The normalized spacial score (nSPS) is 23.8. The molecule has 1 aliphatic rings. The van der Waals surface area contributed by atoms with Crippen LogP contribution in [0.25, 0.3) is 0 Å². The predicted octanol–water partition coefficient (Wildman–Crippen LogP) is 1.76. The van der Waals surface area contributed by atoms with E-state index in [1.54, 1.807) is 0 Å². The van der Waals surface area contributed by atoms with E-state index >= 15 is 0 Å². The highest BCUT2D eigenvalue weighted by atomic mass is 14.9. The zero-order chi connectivity index (χ0) is 7.52. The minimum Gasteiger partial charge on any atom is -0.316 e. The summed E-state index contributed by atoms with van der Waals surface area (Å²) in [5, 5.41) is 3.37. The molecule has 0 radical (unpaired) electrons. The Kier molecular flexibility index (Phi) is 1.91. The SMILES string of the molecule is c1ccc([C@H]2CCNC2)cc1. The predicted molar refractivity (Wildman–Crippen MR) is 46.7 cm³/mol. The second kappa shape index (κ2) is 3.05. The van der Waals surface area contributed by atoms with E-state index in [4.69, 9.17) is 0 Å². The molecule has 2 rings (SSSR count).